The topological polar surface area (TPSA) is 26.9 Å². The molecule has 0 radical (unpaired) electrons. The minimum Gasteiger partial charge on any atom is -0.295 e. The molecular formula is C13H14N2O. The minimum atomic E-state index is -0.0342. The van der Waals surface area contributed by atoms with Crippen LogP contribution in [0.5, 0.6) is 0 Å². The maximum Gasteiger partial charge on any atom is 0.333 e. The van der Waals surface area contributed by atoms with Crippen molar-refractivity contribution in [2.45, 2.75) is 13.8 Å². The highest BCUT2D eigenvalue weighted by Crippen LogP contribution is 2.14. The van der Waals surface area contributed by atoms with Crippen molar-refractivity contribution in [1.82, 2.24) is 9.13 Å². The molecule has 0 fully saturated rings. The Morgan fingerprint density at radius 1 is 1.31 bits per heavy atom. The summed E-state index contributed by atoms with van der Waals surface area (Å²) < 4.78 is 3.32. The summed E-state index contributed by atoms with van der Waals surface area (Å²) in [4.78, 5) is 12.1. The normalized spacial score (nSPS) is 10.2. The van der Waals surface area contributed by atoms with E-state index in [1.807, 2.05) is 44.2 Å². The van der Waals surface area contributed by atoms with Gasteiger partial charge in [0.15, 0.2) is 0 Å². The molecule has 1 aromatic heterocycles. The van der Waals surface area contributed by atoms with Crippen LogP contribution in [-0.2, 0) is 7.05 Å². The Bertz CT molecular complexity index is 652. The SMILES string of the molecule is CC=C=C(C)n1c(=O)n(C)c2ccccc21. The molecule has 16 heavy (non-hydrogen) atoms. The summed E-state index contributed by atoms with van der Waals surface area (Å²) in [6, 6.07) is 7.75. The highest BCUT2D eigenvalue weighted by Gasteiger charge is 2.10. The van der Waals surface area contributed by atoms with Gasteiger partial charge < -0.3 is 0 Å². The molecule has 0 amide bonds. The molecule has 0 aliphatic carbocycles. The fourth-order valence-electron chi connectivity index (χ4n) is 1.89. The van der Waals surface area contributed by atoms with E-state index >= 15 is 0 Å². The van der Waals surface area contributed by atoms with Gasteiger partial charge in [0.25, 0.3) is 0 Å². The van der Waals surface area contributed by atoms with E-state index < -0.39 is 0 Å². The third-order valence-corrected chi connectivity index (χ3v) is 2.65. The van der Waals surface area contributed by atoms with Crippen molar-refractivity contribution in [3.05, 3.63) is 46.6 Å². The van der Waals surface area contributed by atoms with Crippen molar-refractivity contribution in [1.29, 1.82) is 0 Å². The molecule has 0 unspecified atom stereocenters. The third kappa shape index (κ3) is 1.42. The fourth-order valence-corrected chi connectivity index (χ4v) is 1.89. The molecule has 3 nitrogen and oxygen atoms in total. The number of allylic oxidation sites excluding steroid dienone is 1. The molecule has 0 saturated heterocycles. The highest BCUT2D eigenvalue weighted by atomic mass is 16.1. The van der Waals surface area contributed by atoms with Gasteiger partial charge >= 0.3 is 5.69 Å². The molecule has 0 saturated carbocycles. The molecule has 0 aliphatic heterocycles. The average molecular weight is 214 g/mol. The Kier molecular flexibility index (Phi) is 2.55. The predicted octanol–water partition coefficient (Wildman–Crippen LogP) is 2.38. The predicted molar refractivity (Wildman–Crippen MR) is 66.3 cm³/mol. The summed E-state index contributed by atoms with van der Waals surface area (Å²) in [6.07, 6.45) is 1.81. The summed E-state index contributed by atoms with van der Waals surface area (Å²) in [6.45, 7) is 3.77. The fraction of sp³-hybridized carbons (Fsp3) is 0.231. The van der Waals surface area contributed by atoms with Crippen LogP contribution in [0.2, 0.25) is 0 Å². The zero-order chi connectivity index (χ0) is 11.7. The lowest BCUT2D eigenvalue weighted by atomic mass is 10.3. The lowest BCUT2D eigenvalue weighted by Crippen LogP contribution is -2.20. The quantitative estimate of drug-likeness (QED) is 0.669. The summed E-state index contributed by atoms with van der Waals surface area (Å²) in [7, 11) is 1.78. The lowest BCUT2D eigenvalue weighted by molar-refractivity contribution is 0.852. The number of aryl methyl sites for hydroxylation is 1. The summed E-state index contributed by atoms with van der Waals surface area (Å²) >= 11 is 0. The first-order valence-electron chi connectivity index (χ1n) is 5.21. The molecule has 0 bridgehead atoms. The van der Waals surface area contributed by atoms with E-state index in [1.54, 1.807) is 16.2 Å². The second-order valence-corrected chi connectivity index (χ2v) is 3.68. The monoisotopic (exact) mass is 214 g/mol. The van der Waals surface area contributed by atoms with Crippen molar-refractivity contribution in [2.75, 3.05) is 0 Å². The van der Waals surface area contributed by atoms with Gasteiger partial charge in [0, 0.05) is 7.05 Å². The van der Waals surface area contributed by atoms with E-state index in [0.717, 1.165) is 16.7 Å². The minimum absolute atomic E-state index is 0.0342. The van der Waals surface area contributed by atoms with Crippen molar-refractivity contribution in [3.63, 3.8) is 0 Å². The molecule has 2 rings (SSSR count). The Morgan fingerprint density at radius 3 is 2.56 bits per heavy atom. The molecule has 1 heterocycles. The number of aromatic nitrogens is 2. The van der Waals surface area contributed by atoms with E-state index in [1.165, 1.54) is 0 Å². The Labute approximate surface area is 93.9 Å². The van der Waals surface area contributed by atoms with Gasteiger partial charge in [0.05, 0.1) is 16.7 Å². The molecule has 2 aromatic rings. The van der Waals surface area contributed by atoms with Gasteiger partial charge in [-0.2, -0.15) is 0 Å². The van der Waals surface area contributed by atoms with Gasteiger partial charge in [-0.25, -0.2) is 4.79 Å². The van der Waals surface area contributed by atoms with Crippen molar-refractivity contribution < 1.29 is 0 Å². The van der Waals surface area contributed by atoms with Gasteiger partial charge in [-0.15, -0.1) is 5.73 Å². The number of fused-ring (bicyclic) bond motifs is 1. The number of imidazole rings is 1. The van der Waals surface area contributed by atoms with Gasteiger partial charge in [0.2, 0.25) is 0 Å². The Hall–Kier alpha value is -1.99. The zero-order valence-corrected chi connectivity index (χ0v) is 9.69. The first kappa shape index (κ1) is 10.5. The van der Waals surface area contributed by atoms with E-state index in [-0.39, 0.29) is 5.69 Å². The second-order valence-electron chi connectivity index (χ2n) is 3.68. The number of nitrogens with zero attached hydrogens (tertiary/aromatic N) is 2. The molecule has 3 heteroatoms. The van der Waals surface area contributed by atoms with Gasteiger partial charge in [-0.3, -0.25) is 9.13 Å². The standard InChI is InChI=1S/C13H14N2O/c1-4-7-10(2)15-12-9-6-5-8-11(12)14(3)13(15)16/h4-6,8-9H,1-3H3. The summed E-state index contributed by atoms with van der Waals surface area (Å²) in [5.41, 5.74) is 5.68. The largest absolute Gasteiger partial charge is 0.333 e. The van der Waals surface area contributed by atoms with Crippen LogP contribution in [0.4, 0.5) is 0 Å². The Morgan fingerprint density at radius 2 is 1.94 bits per heavy atom. The molecule has 1 aromatic carbocycles. The number of benzene rings is 1. The van der Waals surface area contributed by atoms with E-state index in [4.69, 9.17) is 0 Å². The van der Waals surface area contributed by atoms with Crippen LogP contribution in [0.25, 0.3) is 16.7 Å². The average Bonchev–Trinajstić information content (AvgIpc) is 2.53. The molecule has 82 valence electrons. The lowest BCUT2D eigenvalue weighted by Gasteiger charge is -1.98. The van der Waals surface area contributed by atoms with E-state index in [0.29, 0.717) is 0 Å². The zero-order valence-electron chi connectivity index (χ0n) is 9.69. The van der Waals surface area contributed by atoms with Gasteiger partial charge in [-0.1, -0.05) is 12.1 Å². The van der Waals surface area contributed by atoms with Crippen LogP contribution in [0.3, 0.4) is 0 Å². The second kappa shape index (κ2) is 3.87. The molecule has 0 spiro atoms. The van der Waals surface area contributed by atoms with Crippen LogP contribution >= 0.6 is 0 Å². The first-order valence-corrected chi connectivity index (χ1v) is 5.21. The van der Waals surface area contributed by atoms with Crippen LogP contribution in [0.15, 0.2) is 40.9 Å². The number of para-hydroxylation sites is 2. The van der Waals surface area contributed by atoms with Crippen molar-refractivity contribution in [2.24, 2.45) is 7.05 Å². The van der Waals surface area contributed by atoms with Crippen molar-refractivity contribution >= 4 is 16.7 Å². The van der Waals surface area contributed by atoms with Crippen LogP contribution in [0, 0.1) is 0 Å². The molecular weight excluding hydrogens is 200 g/mol. The van der Waals surface area contributed by atoms with Crippen molar-refractivity contribution in [3.8, 4) is 0 Å². The van der Waals surface area contributed by atoms with Gasteiger partial charge in [-0.05, 0) is 32.1 Å². The first-order chi connectivity index (χ1) is 7.66. The van der Waals surface area contributed by atoms with Crippen LogP contribution in [-0.4, -0.2) is 9.13 Å². The van der Waals surface area contributed by atoms with E-state index in [2.05, 4.69) is 5.73 Å². The molecule has 0 N–H and O–H groups in total. The van der Waals surface area contributed by atoms with Crippen LogP contribution in [0.1, 0.15) is 13.8 Å². The molecule has 0 aliphatic rings. The summed E-state index contributed by atoms with van der Waals surface area (Å²) in [5.74, 6) is 0. The maximum absolute atomic E-state index is 12.1. The molecule has 0 atom stereocenters. The number of hydrogen-bond donors (Lipinski definition) is 0. The van der Waals surface area contributed by atoms with Crippen LogP contribution < -0.4 is 5.69 Å². The smallest absolute Gasteiger partial charge is 0.295 e. The van der Waals surface area contributed by atoms with Gasteiger partial charge in [0.1, 0.15) is 0 Å². The number of hydrogen-bond acceptors (Lipinski definition) is 1. The Balaban J connectivity index is 2.95. The van der Waals surface area contributed by atoms with E-state index in [9.17, 15) is 4.79 Å². The highest BCUT2D eigenvalue weighted by molar-refractivity contribution is 5.79. The maximum atomic E-state index is 12.1. The number of rotatable bonds is 1. The third-order valence-electron chi connectivity index (χ3n) is 2.65. The summed E-state index contributed by atoms with van der Waals surface area (Å²) in [5, 5.41) is 0.